The molecule has 5 rings (SSSR count). The summed E-state index contributed by atoms with van der Waals surface area (Å²) >= 11 is 0. The van der Waals surface area contributed by atoms with Crippen LogP contribution in [0.15, 0.2) is 59.2 Å². The zero-order chi connectivity index (χ0) is 21.2. The zero-order valence-electron chi connectivity index (χ0n) is 19.1. The number of allylic oxidation sites excluding steroid dienone is 6. The fourth-order valence-electron chi connectivity index (χ4n) is 6.32. The molecule has 0 spiro atoms. The number of ether oxygens (including phenoxy) is 1. The molecule has 31 heavy (non-hydrogen) atoms. The van der Waals surface area contributed by atoms with Crippen molar-refractivity contribution in [3.63, 3.8) is 0 Å². The molecule has 0 radical (unpaired) electrons. The first-order chi connectivity index (χ1) is 15.2. The van der Waals surface area contributed by atoms with Crippen molar-refractivity contribution >= 4 is 0 Å². The van der Waals surface area contributed by atoms with Gasteiger partial charge in [0, 0.05) is 43.8 Å². The van der Waals surface area contributed by atoms with Gasteiger partial charge in [0.1, 0.15) is 11.9 Å². The van der Waals surface area contributed by atoms with Gasteiger partial charge in [-0.05, 0) is 64.4 Å². The smallest absolute Gasteiger partial charge is 0.120 e. The Morgan fingerprint density at radius 3 is 2.81 bits per heavy atom. The van der Waals surface area contributed by atoms with E-state index >= 15 is 0 Å². The van der Waals surface area contributed by atoms with E-state index in [1.807, 2.05) is 6.08 Å². The Hall–Kier alpha value is -1.94. The SMILES string of the molecule is C/C=C(/C1C=CCCC1OC1=C(N)C=CCC1)N1CC2CC1CN2CC1=CCCCC1. The van der Waals surface area contributed by atoms with Crippen molar-refractivity contribution in [1.29, 1.82) is 0 Å². The van der Waals surface area contributed by atoms with E-state index in [4.69, 9.17) is 10.5 Å². The van der Waals surface area contributed by atoms with Crippen molar-refractivity contribution in [2.75, 3.05) is 19.6 Å². The molecule has 0 saturated carbocycles. The molecule has 0 aromatic rings. The predicted molar refractivity (Wildman–Crippen MR) is 127 cm³/mol. The average molecular weight is 422 g/mol. The first-order valence-corrected chi connectivity index (χ1v) is 12.6. The number of likely N-dealkylation sites (tertiary alicyclic amines) is 2. The monoisotopic (exact) mass is 421 g/mol. The maximum atomic E-state index is 6.57. The number of hydrogen-bond acceptors (Lipinski definition) is 4. The van der Waals surface area contributed by atoms with Crippen molar-refractivity contribution < 1.29 is 4.74 Å². The van der Waals surface area contributed by atoms with Gasteiger partial charge in [-0.15, -0.1) is 0 Å². The highest BCUT2D eigenvalue weighted by molar-refractivity contribution is 5.25. The van der Waals surface area contributed by atoms with Gasteiger partial charge in [-0.2, -0.15) is 0 Å². The lowest BCUT2D eigenvalue weighted by Gasteiger charge is -2.41. The fraction of sp³-hybridized carbons (Fsp3) is 0.630. The predicted octanol–water partition coefficient (Wildman–Crippen LogP) is 5.02. The topological polar surface area (TPSA) is 41.7 Å². The third kappa shape index (κ3) is 4.37. The summed E-state index contributed by atoms with van der Waals surface area (Å²) in [6, 6.07) is 1.36. The molecule has 0 amide bonds. The van der Waals surface area contributed by atoms with Crippen LogP contribution in [0.4, 0.5) is 0 Å². The number of hydrogen-bond donors (Lipinski definition) is 1. The molecule has 2 aliphatic heterocycles. The van der Waals surface area contributed by atoms with Crippen LogP contribution in [-0.4, -0.2) is 47.6 Å². The molecule has 4 atom stereocenters. The van der Waals surface area contributed by atoms with Crippen LogP contribution in [0.3, 0.4) is 0 Å². The molecule has 2 fully saturated rings. The molecule has 0 aromatic heterocycles. The van der Waals surface area contributed by atoms with Crippen molar-refractivity contribution in [3.05, 3.63) is 59.2 Å². The Bertz CT molecular complexity index is 820. The van der Waals surface area contributed by atoms with Gasteiger partial charge in [0.25, 0.3) is 0 Å². The van der Waals surface area contributed by atoms with Crippen molar-refractivity contribution in [2.45, 2.75) is 82.9 Å². The highest BCUT2D eigenvalue weighted by Gasteiger charge is 2.45. The van der Waals surface area contributed by atoms with E-state index in [0.717, 1.165) is 37.1 Å². The van der Waals surface area contributed by atoms with Crippen LogP contribution in [0.5, 0.6) is 0 Å². The van der Waals surface area contributed by atoms with E-state index in [0.29, 0.717) is 18.0 Å². The molecular weight excluding hydrogens is 382 g/mol. The second-order valence-corrected chi connectivity index (χ2v) is 9.95. The van der Waals surface area contributed by atoms with Crippen molar-refractivity contribution in [3.8, 4) is 0 Å². The van der Waals surface area contributed by atoms with Crippen LogP contribution >= 0.6 is 0 Å². The van der Waals surface area contributed by atoms with Crippen molar-refractivity contribution in [2.24, 2.45) is 11.7 Å². The van der Waals surface area contributed by atoms with Gasteiger partial charge in [0.05, 0.1) is 11.6 Å². The Morgan fingerprint density at radius 1 is 1.13 bits per heavy atom. The minimum absolute atomic E-state index is 0.193. The summed E-state index contributed by atoms with van der Waals surface area (Å²) in [5, 5.41) is 0. The third-order valence-corrected chi connectivity index (χ3v) is 7.93. The lowest BCUT2D eigenvalue weighted by Crippen LogP contribution is -2.48. The molecular formula is C27H39N3O. The minimum atomic E-state index is 0.193. The van der Waals surface area contributed by atoms with Gasteiger partial charge in [0.2, 0.25) is 0 Å². The van der Waals surface area contributed by atoms with E-state index in [1.165, 1.54) is 57.4 Å². The highest BCUT2D eigenvalue weighted by Crippen LogP contribution is 2.40. The molecule has 2 saturated heterocycles. The van der Waals surface area contributed by atoms with E-state index in [-0.39, 0.29) is 6.10 Å². The van der Waals surface area contributed by atoms with Gasteiger partial charge in [-0.25, -0.2) is 0 Å². The molecule has 2 bridgehead atoms. The van der Waals surface area contributed by atoms with Gasteiger partial charge < -0.3 is 15.4 Å². The van der Waals surface area contributed by atoms with E-state index in [9.17, 15) is 0 Å². The molecule has 4 nitrogen and oxygen atoms in total. The number of nitrogens with two attached hydrogens (primary N) is 1. The highest BCUT2D eigenvalue weighted by atomic mass is 16.5. The van der Waals surface area contributed by atoms with E-state index < -0.39 is 0 Å². The Labute approximate surface area is 188 Å². The van der Waals surface area contributed by atoms with E-state index in [1.54, 1.807) is 5.57 Å². The third-order valence-electron chi connectivity index (χ3n) is 7.93. The lowest BCUT2D eigenvalue weighted by atomic mass is 9.88. The maximum Gasteiger partial charge on any atom is 0.120 e. The average Bonchev–Trinajstić information content (AvgIpc) is 3.38. The summed E-state index contributed by atoms with van der Waals surface area (Å²) in [5.74, 6) is 1.33. The Balaban J connectivity index is 1.26. The van der Waals surface area contributed by atoms with Gasteiger partial charge in [-0.1, -0.05) is 36.0 Å². The van der Waals surface area contributed by atoms with Gasteiger partial charge in [-0.3, -0.25) is 4.90 Å². The summed E-state index contributed by atoms with van der Waals surface area (Å²) < 4.78 is 6.57. The largest absolute Gasteiger partial charge is 0.492 e. The van der Waals surface area contributed by atoms with E-state index in [2.05, 4.69) is 47.1 Å². The lowest BCUT2D eigenvalue weighted by molar-refractivity contribution is 0.0572. The van der Waals surface area contributed by atoms with Gasteiger partial charge >= 0.3 is 0 Å². The van der Waals surface area contributed by atoms with Crippen LogP contribution in [-0.2, 0) is 4.74 Å². The Morgan fingerprint density at radius 2 is 2.06 bits per heavy atom. The molecule has 0 aromatic carbocycles. The summed E-state index contributed by atoms with van der Waals surface area (Å²) in [7, 11) is 0. The molecule has 3 aliphatic carbocycles. The minimum Gasteiger partial charge on any atom is -0.492 e. The van der Waals surface area contributed by atoms with Crippen LogP contribution in [0.1, 0.15) is 64.7 Å². The van der Waals surface area contributed by atoms with Crippen LogP contribution in [0.2, 0.25) is 0 Å². The van der Waals surface area contributed by atoms with Gasteiger partial charge in [0.15, 0.2) is 0 Å². The molecule has 2 N–H and O–H groups in total. The zero-order valence-corrected chi connectivity index (χ0v) is 19.1. The van der Waals surface area contributed by atoms with Crippen LogP contribution in [0, 0.1) is 5.92 Å². The standard InChI is InChI=1S/C27H39N3O/c1-2-25(23-12-6-8-14-26(23)31-27-15-9-7-13-24(27)28)30-19-21-16-22(30)18-29(21)17-20-10-4-3-5-11-20/h2,6-7,10,12-13,21-23,26H,3-5,8-9,11,14-19,28H2,1H3/b25-2-. The molecule has 168 valence electrons. The first kappa shape index (κ1) is 20.9. The summed E-state index contributed by atoms with van der Waals surface area (Å²) in [6.07, 6.45) is 24.8. The summed E-state index contributed by atoms with van der Waals surface area (Å²) in [4.78, 5) is 5.47. The van der Waals surface area contributed by atoms with Crippen LogP contribution in [0.25, 0.3) is 0 Å². The molecule has 5 aliphatic rings. The second-order valence-electron chi connectivity index (χ2n) is 9.95. The fourth-order valence-corrected chi connectivity index (χ4v) is 6.32. The van der Waals surface area contributed by atoms with Crippen molar-refractivity contribution in [1.82, 2.24) is 9.80 Å². The maximum absolute atomic E-state index is 6.57. The molecule has 4 heteroatoms. The molecule has 2 heterocycles. The molecule has 4 unspecified atom stereocenters. The number of rotatable bonds is 6. The first-order valence-electron chi connectivity index (χ1n) is 12.6. The number of nitrogens with zero attached hydrogens (tertiary/aromatic N) is 2. The summed E-state index contributed by atoms with van der Waals surface area (Å²) in [6.45, 7) is 5.80. The quantitative estimate of drug-likeness (QED) is 0.612. The second kappa shape index (κ2) is 9.28. The number of fused-ring (bicyclic) bond motifs is 2. The normalized spacial score (nSPS) is 33.9. The Kier molecular flexibility index (Phi) is 6.27. The summed E-state index contributed by atoms with van der Waals surface area (Å²) in [5.41, 5.74) is 10.2. The van der Waals surface area contributed by atoms with Crippen LogP contribution < -0.4 is 5.73 Å². The number of piperazine rings is 1.